The standard InChI is InChI=1S/C78H55N/c1-77(2)70-35-15-12-31-64(70)68-51-59(41-45-71(68)77)67(53-22-6-3-7-23-53)48-52-21-18-24-55(47-52)56-25-19-26-57(49-56)58-42-46-75-69(50-58)65-32-14-17-38-74(65)79(75)62-43-39-54(40-44-62)63-34-20-37-73-76(63)66-33-13-16-36-72(66)78(73,60-27-8-4-9-28-60)61-29-10-5-11-30-61/h3-51H,1-2H3/b67-48+. The second-order valence-electron chi connectivity index (χ2n) is 21.9. The fraction of sp³-hybridized carbons (Fsp3) is 0.0513. The molecule has 2 aliphatic carbocycles. The van der Waals surface area contributed by atoms with Gasteiger partial charge in [0.25, 0.3) is 0 Å². The van der Waals surface area contributed by atoms with Crippen molar-refractivity contribution in [2.75, 3.05) is 0 Å². The Hall–Kier alpha value is -9.82. The molecule has 0 aliphatic heterocycles. The Balaban J connectivity index is 0.775. The Kier molecular flexibility index (Phi) is 10.8. The van der Waals surface area contributed by atoms with E-state index in [9.17, 15) is 0 Å². The zero-order chi connectivity index (χ0) is 52.7. The number of fused-ring (bicyclic) bond motifs is 9. The highest BCUT2D eigenvalue weighted by molar-refractivity contribution is 6.10. The van der Waals surface area contributed by atoms with Gasteiger partial charge in [0.1, 0.15) is 0 Å². The van der Waals surface area contributed by atoms with Gasteiger partial charge in [0.05, 0.1) is 16.4 Å². The first-order valence-electron chi connectivity index (χ1n) is 27.6. The second kappa shape index (κ2) is 18.4. The van der Waals surface area contributed by atoms with Crippen LogP contribution in [-0.4, -0.2) is 4.57 Å². The minimum absolute atomic E-state index is 0.0378. The van der Waals surface area contributed by atoms with Gasteiger partial charge >= 0.3 is 0 Å². The molecule has 13 aromatic rings. The minimum atomic E-state index is -0.445. The maximum atomic E-state index is 2.43. The molecule has 0 amide bonds. The van der Waals surface area contributed by atoms with Crippen LogP contribution in [-0.2, 0) is 10.8 Å². The lowest BCUT2D eigenvalue weighted by molar-refractivity contribution is 0.660. The predicted octanol–water partition coefficient (Wildman–Crippen LogP) is 20.0. The quantitative estimate of drug-likeness (QED) is 0.127. The lowest BCUT2D eigenvalue weighted by Gasteiger charge is -2.34. The summed E-state index contributed by atoms with van der Waals surface area (Å²) in [6.07, 6.45) is 2.36. The van der Waals surface area contributed by atoms with E-state index in [2.05, 4.69) is 316 Å². The monoisotopic (exact) mass is 1010 g/mol. The van der Waals surface area contributed by atoms with Crippen molar-refractivity contribution in [1.82, 2.24) is 4.57 Å². The molecule has 0 radical (unpaired) electrons. The lowest BCUT2D eigenvalue weighted by Crippen LogP contribution is -2.28. The fourth-order valence-electron chi connectivity index (χ4n) is 13.6. The summed E-state index contributed by atoms with van der Waals surface area (Å²) < 4.78 is 2.43. The van der Waals surface area contributed by atoms with Gasteiger partial charge in [-0.25, -0.2) is 0 Å². The molecule has 0 saturated carbocycles. The average molecular weight is 1010 g/mol. The molecule has 1 aromatic heterocycles. The molecule has 0 N–H and O–H groups in total. The first-order valence-corrected chi connectivity index (χ1v) is 27.6. The molecule has 15 rings (SSSR count). The Morgan fingerprint density at radius 1 is 0.329 bits per heavy atom. The zero-order valence-electron chi connectivity index (χ0n) is 44.2. The highest BCUT2D eigenvalue weighted by Gasteiger charge is 2.46. The van der Waals surface area contributed by atoms with Crippen molar-refractivity contribution in [2.24, 2.45) is 0 Å². The molecule has 79 heavy (non-hydrogen) atoms. The van der Waals surface area contributed by atoms with Crippen LogP contribution in [0.5, 0.6) is 0 Å². The van der Waals surface area contributed by atoms with Crippen LogP contribution in [0, 0.1) is 0 Å². The number of hydrogen-bond donors (Lipinski definition) is 0. The molecule has 12 aromatic carbocycles. The molecule has 1 heteroatoms. The van der Waals surface area contributed by atoms with Gasteiger partial charge in [-0.05, 0) is 166 Å². The van der Waals surface area contributed by atoms with Crippen LogP contribution in [0.15, 0.2) is 291 Å². The van der Waals surface area contributed by atoms with Crippen molar-refractivity contribution < 1.29 is 0 Å². The predicted molar refractivity (Wildman–Crippen MR) is 332 cm³/mol. The topological polar surface area (TPSA) is 4.93 Å². The van der Waals surface area contributed by atoms with Gasteiger partial charge in [0.2, 0.25) is 0 Å². The van der Waals surface area contributed by atoms with Crippen molar-refractivity contribution in [3.63, 3.8) is 0 Å². The Bertz CT molecular complexity index is 4500. The third-order valence-electron chi connectivity index (χ3n) is 17.3. The van der Waals surface area contributed by atoms with E-state index in [4.69, 9.17) is 0 Å². The highest BCUT2D eigenvalue weighted by Crippen LogP contribution is 2.58. The molecule has 1 heterocycles. The number of rotatable bonds is 9. The van der Waals surface area contributed by atoms with E-state index in [1.165, 1.54) is 128 Å². The second-order valence-corrected chi connectivity index (χ2v) is 21.9. The van der Waals surface area contributed by atoms with E-state index >= 15 is 0 Å². The number of hydrogen-bond acceptors (Lipinski definition) is 0. The largest absolute Gasteiger partial charge is 0.309 e. The van der Waals surface area contributed by atoms with Crippen LogP contribution in [0.2, 0.25) is 0 Å². The zero-order valence-corrected chi connectivity index (χ0v) is 44.2. The first-order chi connectivity index (χ1) is 38.9. The maximum absolute atomic E-state index is 2.43. The van der Waals surface area contributed by atoms with Gasteiger partial charge in [0.15, 0.2) is 0 Å². The van der Waals surface area contributed by atoms with Crippen LogP contribution in [0.4, 0.5) is 0 Å². The van der Waals surface area contributed by atoms with Crippen LogP contribution in [0.25, 0.3) is 94.8 Å². The van der Waals surface area contributed by atoms with Gasteiger partial charge in [-0.15, -0.1) is 0 Å². The van der Waals surface area contributed by atoms with Crippen molar-refractivity contribution in [2.45, 2.75) is 24.7 Å². The van der Waals surface area contributed by atoms with E-state index in [1.54, 1.807) is 0 Å². The summed E-state index contributed by atoms with van der Waals surface area (Å²) in [6, 6.07) is 108. The van der Waals surface area contributed by atoms with Gasteiger partial charge in [-0.3, -0.25) is 0 Å². The summed E-state index contributed by atoms with van der Waals surface area (Å²) >= 11 is 0. The first kappa shape index (κ1) is 46.5. The summed E-state index contributed by atoms with van der Waals surface area (Å²) in [5, 5.41) is 2.47. The SMILES string of the molecule is CC1(C)c2ccccc2-c2cc(/C(=C/c3cccc(-c4cccc(-c5ccc6c(c5)c5ccccc5n6-c5ccc(-c6cccc7c6-c6ccccc6C7(c6ccccc6)c6ccccc6)cc5)c4)c3)c3ccccc3)ccc21. The normalized spacial score (nSPS) is 13.7. The third kappa shape index (κ3) is 7.38. The minimum Gasteiger partial charge on any atom is -0.309 e. The Labute approximate surface area is 462 Å². The lowest BCUT2D eigenvalue weighted by atomic mass is 9.67. The van der Waals surface area contributed by atoms with Gasteiger partial charge < -0.3 is 4.57 Å². The van der Waals surface area contributed by atoms with Gasteiger partial charge in [-0.2, -0.15) is 0 Å². The number of para-hydroxylation sites is 1. The number of nitrogens with zero attached hydrogens (tertiary/aromatic N) is 1. The molecule has 2 aliphatic rings. The third-order valence-corrected chi connectivity index (χ3v) is 17.3. The molecular formula is C78H55N. The molecule has 0 bridgehead atoms. The van der Waals surface area contributed by atoms with E-state index in [1.807, 2.05) is 0 Å². The Morgan fingerprint density at radius 3 is 1.62 bits per heavy atom. The van der Waals surface area contributed by atoms with E-state index in [0.29, 0.717) is 0 Å². The summed E-state index contributed by atoms with van der Waals surface area (Å²) in [4.78, 5) is 0. The van der Waals surface area contributed by atoms with Gasteiger partial charge in [-0.1, -0.05) is 257 Å². The maximum Gasteiger partial charge on any atom is 0.0713 e. The molecule has 0 saturated heterocycles. The van der Waals surface area contributed by atoms with E-state index in [0.717, 1.165) is 11.3 Å². The molecule has 0 fully saturated rings. The molecule has 1 nitrogen and oxygen atoms in total. The summed E-state index contributed by atoms with van der Waals surface area (Å²) in [5.41, 5.74) is 28.2. The summed E-state index contributed by atoms with van der Waals surface area (Å²) in [7, 11) is 0. The molecule has 372 valence electrons. The van der Waals surface area contributed by atoms with Crippen molar-refractivity contribution in [1.29, 1.82) is 0 Å². The van der Waals surface area contributed by atoms with Crippen LogP contribution < -0.4 is 0 Å². The molecule has 0 atom stereocenters. The summed E-state index contributed by atoms with van der Waals surface area (Å²) in [6.45, 7) is 4.69. The van der Waals surface area contributed by atoms with E-state index in [-0.39, 0.29) is 5.41 Å². The Morgan fingerprint density at radius 2 is 0.873 bits per heavy atom. The molecule has 0 unspecified atom stereocenters. The van der Waals surface area contributed by atoms with Crippen molar-refractivity contribution >= 4 is 33.5 Å². The van der Waals surface area contributed by atoms with Gasteiger partial charge in [0, 0.05) is 21.9 Å². The van der Waals surface area contributed by atoms with Crippen LogP contribution in [0.3, 0.4) is 0 Å². The number of aromatic nitrogens is 1. The van der Waals surface area contributed by atoms with Crippen molar-refractivity contribution in [3.05, 3.63) is 341 Å². The molecular weight excluding hydrogens is 951 g/mol. The highest BCUT2D eigenvalue weighted by atomic mass is 15.0. The van der Waals surface area contributed by atoms with Crippen LogP contribution in [0.1, 0.15) is 63.9 Å². The molecule has 0 spiro atoms. The average Bonchev–Trinajstić information content (AvgIpc) is 4.18. The van der Waals surface area contributed by atoms with Crippen LogP contribution >= 0.6 is 0 Å². The smallest absolute Gasteiger partial charge is 0.0713 e. The number of benzene rings is 12. The fourth-order valence-corrected chi connectivity index (χ4v) is 13.6. The van der Waals surface area contributed by atoms with Crippen molar-refractivity contribution in [3.8, 4) is 61.3 Å². The summed E-state index contributed by atoms with van der Waals surface area (Å²) in [5.74, 6) is 0. The van der Waals surface area contributed by atoms with E-state index < -0.39 is 5.41 Å².